The first-order valence-corrected chi connectivity index (χ1v) is 6.38. The van der Waals surface area contributed by atoms with E-state index in [0.717, 1.165) is 10.6 Å². The minimum atomic E-state index is -1.45. The summed E-state index contributed by atoms with van der Waals surface area (Å²) in [6.07, 6.45) is 0. The summed E-state index contributed by atoms with van der Waals surface area (Å²) in [5.41, 5.74) is -0.593. The first-order chi connectivity index (χ1) is 9.02. The summed E-state index contributed by atoms with van der Waals surface area (Å²) in [6.45, 7) is 2.25. The average Bonchev–Trinajstić information content (AvgIpc) is 2.42. The third-order valence-corrected chi connectivity index (χ3v) is 3.41. The molecule has 1 rings (SSSR count). The molecule has 1 atom stereocenters. The Labute approximate surface area is 113 Å². The average molecular weight is 269 g/mol. The Morgan fingerprint density at radius 3 is 1.84 bits per heavy atom. The van der Waals surface area contributed by atoms with Crippen LogP contribution in [0.25, 0.3) is 0 Å². The number of hydroxylamine groups is 2. The van der Waals surface area contributed by atoms with Crippen LogP contribution < -0.4 is 0 Å². The van der Waals surface area contributed by atoms with E-state index < -0.39 is 31.4 Å². The highest BCUT2D eigenvalue weighted by molar-refractivity contribution is 5.20. The van der Waals surface area contributed by atoms with Crippen molar-refractivity contribution >= 4 is 0 Å². The molecule has 4 N–H and O–H groups in total. The molecule has 0 saturated carbocycles. The van der Waals surface area contributed by atoms with Crippen molar-refractivity contribution in [2.45, 2.75) is 25.4 Å². The highest BCUT2D eigenvalue weighted by atomic mass is 16.5. The van der Waals surface area contributed by atoms with E-state index in [1.807, 2.05) is 44.2 Å². The quantitative estimate of drug-likeness (QED) is 0.550. The van der Waals surface area contributed by atoms with E-state index in [2.05, 4.69) is 0 Å². The minimum Gasteiger partial charge on any atom is -0.394 e. The summed E-state index contributed by atoms with van der Waals surface area (Å²) in [4.78, 5) is 0. The van der Waals surface area contributed by atoms with Crippen LogP contribution >= 0.6 is 0 Å². The number of aliphatic hydroxyl groups is 3. The van der Waals surface area contributed by atoms with Crippen molar-refractivity contribution in [2.75, 3.05) is 19.8 Å². The van der Waals surface area contributed by atoms with Gasteiger partial charge in [-0.05, 0) is 11.5 Å². The van der Waals surface area contributed by atoms with Crippen LogP contribution in [0.1, 0.15) is 25.5 Å². The predicted octanol–water partition coefficient (Wildman–Crippen LogP) is 0.791. The second-order valence-corrected chi connectivity index (χ2v) is 5.14. The maximum Gasteiger partial charge on any atom is 0.116 e. The van der Waals surface area contributed by atoms with Gasteiger partial charge in [-0.3, -0.25) is 0 Å². The number of hydrogen-bond acceptors (Lipinski definition) is 5. The Morgan fingerprint density at radius 1 is 1.00 bits per heavy atom. The van der Waals surface area contributed by atoms with Gasteiger partial charge in [0.2, 0.25) is 0 Å². The van der Waals surface area contributed by atoms with Gasteiger partial charge in [-0.25, -0.2) is 0 Å². The van der Waals surface area contributed by atoms with Crippen molar-refractivity contribution < 1.29 is 20.5 Å². The standard InChI is InChI=1S/C14H23NO4/c1-11(2)13(12-6-4-3-5-7-12)15(19)14(8-16,9-17)10-18/h3-7,11,13,16-19H,8-10H2,1-2H3. The van der Waals surface area contributed by atoms with E-state index in [1.54, 1.807) is 0 Å². The molecule has 1 aromatic rings. The molecule has 0 heterocycles. The summed E-state index contributed by atoms with van der Waals surface area (Å²) >= 11 is 0. The summed E-state index contributed by atoms with van der Waals surface area (Å²) in [6, 6.07) is 8.90. The highest BCUT2D eigenvalue weighted by Crippen LogP contribution is 2.32. The molecule has 0 saturated heterocycles. The van der Waals surface area contributed by atoms with E-state index in [9.17, 15) is 20.5 Å². The summed E-state index contributed by atoms with van der Waals surface area (Å²) in [7, 11) is 0. The molecule has 0 bridgehead atoms. The van der Waals surface area contributed by atoms with E-state index in [-0.39, 0.29) is 5.92 Å². The van der Waals surface area contributed by atoms with Crippen molar-refractivity contribution in [1.29, 1.82) is 0 Å². The van der Waals surface area contributed by atoms with Crippen LogP contribution in [0.5, 0.6) is 0 Å². The molecule has 0 aliphatic carbocycles. The Hall–Kier alpha value is -0.980. The van der Waals surface area contributed by atoms with E-state index in [0.29, 0.717) is 0 Å². The zero-order valence-electron chi connectivity index (χ0n) is 11.4. The van der Waals surface area contributed by atoms with E-state index >= 15 is 0 Å². The van der Waals surface area contributed by atoms with Crippen LogP contribution in [0, 0.1) is 5.92 Å². The molecule has 0 amide bonds. The lowest BCUT2D eigenvalue weighted by Gasteiger charge is -2.42. The molecule has 0 fully saturated rings. The molecule has 0 radical (unpaired) electrons. The summed E-state index contributed by atoms with van der Waals surface area (Å²) < 4.78 is 0. The molecule has 0 aromatic heterocycles. The normalized spacial score (nSPS) is 14.1. The van der Waals surface area contributed by atoms with Crippen molar-refractivity contribution in [1.82, 2.24) is 5.06 Å². The van der Waals surface area contributed by atoms with Crippen LogP contribution in [-0.2, 0) is 0 Å². The molecule has 1 unspecified atom stereocenters. The number of rotatable bonds is 7. The second-order valence-electron chi connectivity index (χ2n) is 5.14. The fraction of sp³-hybridized carbons (Fsp3) is 0.571. The maximum atomic E-state index is 10.4. The highest BCUT2D eigenvalue weighted by Gasteiger charge is 2.40. The number of aliphatic hydroxyl groups excluding tert-OH is 3. The molecule has 5 nitrogen and oxygen atoms in total. The van der Waals surface area contributed by atoms with Gasteiger partial charge in [-0.15, -0.1) is 0 Å². The number of hydrogen-bond donors (Lipinski definition) is 4. The number of nitrogens with zero attached hydrogens (tertiary/aromatic N) is 1. The zero-order chi connectivity index (χ0) is 14.5. The number of benzene rings is 1. The maximum absolute atomic E-state index is 10.4. The molecular formula is C14H23NO4. The van der Waals surface area contributed by atoms with Crippen molar-refractivity contribution in [3.63, 3.8) is 0 Å². The third kappa shape index (κ3) is 3.32. The fourth-order valence-corrected chi connectivity index (χ4v) is 2.12. The molecule has 1 aromatic carbocycles. The van der Waals surface area contributed by atoms with Gasteiger partial charge in [0.1, 0.15) is 5.54 Å². The molecule has 5 heteroatoms. The lowest BCUT2D eigenvalue weighted by atomic mass is 9.91. The minimum absolute atomic E-state index is 0.0384. The van der Waals surface area contributed by atoms with Crippen molar-refractivity contribution in [3.8, 4) is 0 Å². The monoisotopic (exact) mass is 269 g/mol. The Kier molecular flexibility index (Phi) is 5.90. The van der Waals surface area contributed by atoms with Crippen molar-refractivity contribution in [2.24, 2.45) is 5.92 Å². The van der Waals surface area contributed by atoms with Gasteiger partial charge < -0.3 is 20.5 Å². The first kappa shape index (κ1) is 16.1. The molecular weight excluding hydrogens is 246 g/mol. The third-order valence-electron chi connectivity index (χ3n) is 3.41. The summed E-state index contributed by atoms with van der Waals surface area (Å²) in [5, 5.41) is 39.5. The van der Waals surface area contributed by atoms with Gasteiger partial charge in [0.05, 0.1) is 25.9 Å². The SMILES string of the molecule is CC(C)C(c1ccccc1)N(O)C(CO)(CO)CO. The first-order valence-electron chi connectivity index (χ1n) is 6.38. The van der Waals surface area contributed by atoms with Crippen LogP contribution in [0.3, 0.4) is 0 Å². The fourth-order valence-electron chi connectivity index (χ4n) is 2.12. The summed E-state index contributed by atoms with van der Waals surface area (Å²) in [5.74, 6) is 0.0384. The van der Waals surface area contributed by atoms with E-state index in [4.69, 9.17) is 0 Å². The Morgan fingerprint density at radius 2 is 1.47 bits per heavy atom. The van der Waals surface area contributed by atoms with Crippen LogP contribution in [0.2, 0.25) is 0 Å². The van der Waals surface area contributed by atoms with Gasteiger partial charge in [0.15, 0.2) is 0 Å². The molecule has 19 heavy (non-hydrogen) atoms. The van der Waals surface area contributed by atoms with Gasteiger partial charge in [-0.2, -0.15) is 5.06 Å². The zero-order valence-corrected chi connectivity index (χ0v) is 11.4. The smallest absolute Gasteiger partial charge is 0.116 e. The van der Waals surface area contributed by atoms with Crippen LogP contribution in [-0.4, -0.2) is 50.9 Å². The molecule has 108 valence electrons. The topological polar surface area (TPSA) is 84.2 Å². The van der Waals surface area contributed by atoms with Gasteiger partial charge in [-0.1, -0.05) is 44.2 Å². The lowest BCUT2D eigenvalue weighted by molar-refractivity contribution is -0.245. The van der Waals surface area contributed by atoms with Crippen molar-refractivity contribution in [3.05, 3.63) is 35.9 Å². The van der Waals surface area contributed by atoms with E-state index in [1.165, 1.54) is 0 Å². The van der Waals surface area contributed by atoms with Crippen LogP contribution in [0.4, 0.5) is 0 Å². The molecule has 0 aliphatic rings. The lowest BCUT2D eigenvalue weighted by Crippen LogP contribution is -2.57. The Bertz CT molecular complexity index is 357. The van der Waals surface area contributed by atoms with Gasteiger partial charge in [0, 0.05) is 0 Å². The molecule has 0 spiro atoms. The Balaban J connectivity index is 3.13. The predicted molar refractivity (Wildman–Crippen MR) is 71.6 cm³/mol. The molecule has 0 aliphatic heterocycles. The van der Waals surface area contributed by atoms with Gasteiger partial charge in [0.25, 0.3) is 0 Å². The van der Waals surface area contributed by atoms with Gasteiger partial charge >= 0.3 is 0 Å². The second kappa shape index (κ2) is 6.98. The van der Waals surface area contributed by atoms with Crippen LogP contribution in [0.15, 0.2) is 30.3 Å². The largest absolute Gasteiger partial charge is 0.394 e.